The minimum atomic E-state index is -5.03. The average molecular weight is 2070 g/mol. The first-order valence-electron chi connectivity index (χ1n) is 42.1. The fourth-order valence-corrected chi connectivity index (χ4v) is 13.9. The van der Waals surface area contributed by atoms with Crippen LogP contribution >= 0.6 is 58.0 Å². The number of amides is 8. The number of nitrogens with zero attached hydrogens (tertiary/aromatic N) is 9. The Morgan fingerprint density at radius 3 is 0.888 bits per heavy atom. The lowest BCUT2D eigenvalue weighted by atomic mass is 10.1. The molecule has 0 bridgehead atoms. The molecular formula is C96H80Cl5F9N20O13. The van der Waals surface area contributed by atoms with Gasteiger partial charge in [-0.2, -0.15) is 0 Å². The highest BCUT2D eigenvalue weighted by molar-refractivity contribution is 6.33. The zero-order valence-electron chi connectivity index (χ0n) is 75.2. The highest BCUT2D eigenvalue weighted by atomic mass is 35.5. The van der Waals surface area contributed by atoms with Crippen molar-refractivity contribution in [1.29, 1.82) is 16.2 Å². The van der Waals surface area contributed by atoms with Crippen LogP contribution in [0.1, 0.15) is 118 Å². The topological polar surface area (TPSA) is 427 Å². The lowest BCUT2D eigenvalue weighted by Gasteiger charge is -2.33. The zero-order valence-corrected chi connectivity index (χ0v) is 79.0. The van der Waals surface area contributed by atoms with E-state index >= 15 is 0 Å². The molecule has 0 saturated carbocycles. The Labute approximate surface area is 832 Å². The average Bonchev–Trinajstić information content (AvgIpc) is 1.77. The number of aliphatic imine (C=N–C) groups is 1. The number of carbonyl (C=O) groups is 8. The molecule has 12 aromatic rings. The number of ether oxygens (including phenoxy) is 5. The monoisotopic (exact) mass is 2070 g/mol. The number of aromatic nitrogens is 4. The molecule has 4 aromatic heterocycles. The van der Waals surface area contributed by atoms with Gasteiger partial charge in [0.05, 0.1) is 79.3 Å². The first kappa shape index (κ1) is 106. The fourth-order valence-electron chi connectivity index (χ4n) is 13.2. The lowest BCUT2D eigenvalue weighted by molar-refractivity contribution is -0.275. The van der Waals surface area contributed by atoms with Gasteiger partial charge in [0.15, 0.2) is 0 Å². The van der Waals surface area contributed by atoms with Gasteiger partial charge in [-0.25, -0.2) is 19.9 Å². The summed E-state index contributed by atoms with van der Waals surface area (Å²) < 4.78 is 137. The van der Waals surface area contributed by atoms with E-state index in [1.165, 1.54) is 112 Å². The number of carbonyl (C=O) groups excluding carboxylic acids is 8. The van der Waals surface area contributed by atoms with Gasteiger partial charge in [0.25, 0.3) is 47.3 Å². The second-order valence-electron chi connectivity index (χ2n) is 30.7. The Morgan fingerprint density at radius 2 is 0.608 bits per heavy atom. The van der Waals surface area contributed by atoms with Gasteiger partial charge in [0.2, 0.25) is 0 Å². The quantitative estimate of drug-likeness (QED) is 0.0110. The summed E-state index contributed by atoms with van der Waals surface area (Å²) in [6.45, 7) is 4.95. The minimum absolute atomic E-state index is 0.0332. The standard InChI is InChI=1S/C25H21ClF3N5O4.C24H19ClF3N5O3.C24H21ClF3N5O3.C23H19Cl2N5O3/c1-37-19-12-17(38-25(27,28)29)11-18(24(36)32-20-8-7-16(26)13-31-20)21(19)33-23(35)15-5-3-14(4-6-15)22(30)34-9-2-10-34;25-16-6-9-20(30-13-16)32-23(35)18-12-17(36-24(26,27)28)7-8-19(18)31-22(34)15-4-2-14(3-5-15)21(29)33-10-1-11-33;1-29-21(33(2)3)14-4-6-15(7-5-14)22(34)31-19-10-9-17(36-24(26,27)28)12-18(19)23(35)32-20-11-8-16(25)13-30-20;1-33-18-11-16(25)10-17(23(32)28-19-7-6-15(24)12-27-19)20(18)29-22(31)14-4-2-13(3-5-14)21(26)30-8-9-30/h3-8,11-13,30H,2,9-10H2,1H3,(H,33,35)(H,31,32,36);2-9,12-13,29H,1,10-11H2,(H,31,34)(H,30,32,35);4-13H,1-3H3,(H,31,34)(H,30,32,35);2-7,10-12,26H,8-9H2,1H3,(H,29,31)(H,27,28,32). The van der Waals surface area contributed by atoms with Crippen LogP contribution in [-0.4, -0.2) is 204 Å². The van der Waals surface area contributed by atoms with Crippen molar-refractivity contribution in [2.24, 2.45) is 4.99 Å². The molecule has 0 radical (unpaired) electrons. The van der Waals surface area contributed by atoms with E-state index in [1.54, 1.807) is 92.0 Å². The van der Waals surface area contributed by atoms with Gasteiger partial charge < -0.3 is 85.8 Å². The van der Waals surface area contributed by atoms with E-state index in [0.717, 1.165) is 112 Å². The number of rotatable bonds is 25. The van der Waals surface area contributed by atoms with E-state index in [0.29, 0.717) is 60.1 Å². The summed E-state index contributed by atoms with van der Waals surface area (Å²) in [5.41, 5.74) is 2.91. The number of hydrogen-bond donors (Lipinski definition) is 11. The highest BCUT2D eigenvalue weighted by Gasteiger charge is 2.36. The molecule has 7 heterocycles. The molecule has 3 aliphatic heterocycles. The molecular weight excluding hydrogens is 1990 g/mol. The molecule has 33 nitrogen and oxygen atoms in total. The number of likely N-dealkylation sites (tertiary alicyclic amines) is 2. The summed E-state index contributed by atoms with van der Waals surface area (Å²) in [5, 5.41) is 46.5. The van der Waals surface area contributed by atoms with E-state index in [-0.39, 0.29) is 101 Å². The van der Waals surface area contributed by atoms with Crippen molar-refractivity contribution < 1.29 is 102 Å². The number of benzene rings is 8. The van der Waals surface area contributed by atoms with Gasteiger partial charge in [-0.1, -0.05) is 107 Å². The Balaban J connectivity index is 0.000000170. The number of alkyl halides is 9. The molecule has 47 heteroatoms. The van der Waals surface area contributed by atoms with Crippen molar-refractivity contribution in [2.75, 3.05) is 117 Å². The van der Waals surface area contributed by atoms with E-state index in [9.17, 15) is 77.9 Å². The van der Waals surface area contributed by atoms with Crippen LogP contribution in [-0.2, 0) is 0 Å². The molecule has 15 rings (SSSR count). The normalized spacial score (nSPS) is 12.4. The molecule has 3 saturated heterocycles. The maximum absolute atomic E-state index is 13.1. The van der Waals surface area contributed by atoms with Crippen LogP contribution in [0.5, 0.6) is 28.7 Å². The summed E-state index contributed by atoms with van der Waals surface area (Å²) in [5.74, 6) is -4.97. The summed E-state index contributed by atoms with van der Waals surface area (Å²) in [4.78, 5) is 131. The number of hydrogen-bond acceptors (Lipinski definition) is 21. The molecule has 8 amide bonds. The highest BCUT2D eigenvalue weighted by Crippen LogP contribution is 2.40. The maximum atomic E-state index is 13.1. The van der Waals surface area contributed by atoms with Crippen LogP contribution < -0.4 is 66.2 Å². The second-order valence-corrected chi connectivity index (χ2v) is 32.9. The smallest absolute Gasteiger partial charge is 0.494 e. The molecule has 0 unspecified atom stereocenters. The van der Waals surface area contributed by atoms with Crippen LogP contribution in [0.4, 0.5) is 85.5 Å². The molecule has 8 aromatic carbocycles. The summed E-state index contributed by atoms with van der Waals surface area (Å²) >= 11 is 29.4. The van der Waals surface area contributed by atoms with Gasteiger partial charge in [-0.05, 0) is 158 Å². The molecule has 740 valence electrons. The van der Waals surface area contributed by atoms with Crippen molar-refractivity contribution >= 4 is 175 Å². The SMILES string of the molecule is CN=C(c1ccc(C(=O)Nc2ccc(OC(F)(F)F)cc2C(=O)Nc2ccc(Cl)cn2)cc1)N(C)C.COc1cc(Cl)cc(C(=O)Nc2ccc(Cl)cn2)c1NC(=O)c1ccc(C(=N)N2CC2)cc1.COc1cc(OC(F)(F)F)cc(C(=O)Nc2ccc(Cl)cn2)c1NC(=O)c1ccc(C(=N)N2CCC2)cc1.N=C(c1ccc(C(=O)Nc2ccc(OC(F)(F)F)cc2C(=O)Nc2ccc(Cl)cn2)cc1)N1CCC1. The molecule has 3 aliphatic rings. The molecule has 0 aliphatic carbocycles. The van der Waals surface area contributed by atoms with Crippen molar-refractivity contribution in [2.45, 2.75) is 31.9 Å². The minimum Gasteiger partial charge on any atom is -0.494 e. The van der Waals surface area contributed by atoms with Gasteiger partial charge >= 0.3 is 19.1 Å². The van der Waals surface area contributed by atoms with E-state index in [1.807, 2.05) is 33.7 Å². The summed E-state index contributed by atoms with van der Waals surface area (Å²) in [7, 11) is 7.90. The number of amidine groups is 4. The first-order chi connectivity index (χ1) is 67.9. The largest absolute Gasteiger partial charge is 0.573 e. The fraction of sp³-hybridized carbons (Fsp3) is 0.167. The molecule has 0 atom stereocenters. The van der Waals surface area contributed by atoms with Crippen molar-refractivity contribution in [1.82, 2.24) is 39.5 Å². The zero-order chi connectivity index (χ0) is 103. The third-order valence-corrected chi connectivity index (χ3v) is 21.6. The predicted octanol–water partition coefficient (Wildman–Crippen LogP) is 20.0. The lowest BCUT2D eigenvalue weighted by Crippen LogP contribution is -2.42. The Bertz CT molecular complexity index is 6780. The van der Waals surface area contributed by atoms with Crippen LogP contribution in [0.15, 0.2) is 236 Å². The number of pyridine rings is 4. The van der Waals surface area contributed by atoms with E-state index in [2.05, 4.69) is 81.7 Å². The van der Waals surface area contributed by atoms with Crippen LogP contribution in [0.25, 0.3) is 0 Å². The summed E-state index contributed by atoms with van der Waals surface area (Å²) in [6, 6.07) is 48.2. The Kier molecular flexibility index (Phi) is 34.9. The Morgan fingerprint density at radius 1 is 0.329 bits per heavy atom. The second kappa shape index (κ2) is 47.2. The van der Waals surface area contributed by atoms with E-state index < -0.39 is 83.6 Å². The molecule has 3 fully saturated rings. The number of nitrogens with one attached hydrogen (secondary N) is 11. The molecule has 143 heavy (non-hydrogen) atoms. The molecule has 11 N–H and O–H groups in total. The predicted molar refractivity (Wildman–Crippen MR) is 521 cm³/mol. The number of halogens is 14. The third-order valence-electron chi connectivity index (χ3n) is 20.5. The van der Waals surface area contributed by atoms with Gasteiger partial charge in [-0.3, -0.25) is 59.6 Å². The Hall–Kier alpha value is -16.2. The van der Waals surface area contributed by atoms with Crippen LogP contribution in [0.3, 0.4) is 0 Å². The van der Waals surface area contributed by atoms with Crippen molar-refractivity contribution in [3.8, 4) is 28.7 Å². The van der Waals surface area contributed by atoms with Crippen molar-refractivity contribution in [3.63, 3.8) is 0 Å². The van der Waals surface area contributed by atoms with Gasteiger partial charge in [-0.15, -0.1) is 39.5 Å². The van der Waals surface area contributed by atoms with Crippen LogP contribution in [0.2, 0.25) is 25.1 Å². The number of anilines is 8. The van der Waals surface area contributed by atoms with Gasteiger partial charge in [0.1, 0.15) is 75.4 Å². The number of methoxy groups -OCH3 is 2. The van der Waals surface area contributed by atoms with Gasteiger partial charge in [0, 0.05) is 147 Å². The van der Waals surface area contributed by atoms with Crippen molar-refractivity contribution in [3.05, 3.63) is 323 Å². The third kappa shape index (κ3) is 29.9. The van der Waals surface area contributed by atoms with E-state index in [4.69, 9.17) is 83.7 Å². The first-order valence-corrected chi connectivity index (χ1v) is 44.0. The molecule has 0 spiro atoms. The maximum Gasteiger partial charge on any atom is 0.573 e. The summed E-state index contributed by atoms with van der Waals surface area (Å²) in [6.07, 6.45) is -7.68. The van der Waals surface area contributed by atoms with Crippen LogP contribution in [0, 0.1) is 16.2 Å².